The Labute approximate surface area is 90.9 Å². The minimum atomic E-state index is -0.308. The second kappa shape index (κ2) is 3.37. The second-order valence-corrected chi connectivity index (χ2v) is 5.64. The van der Waals surface area contributed by atoms with E-state index in [9.17, 15) is 5.11 Å². The lowest BCUT2D eigenvalue weighted by atomic mass is 10.1. The van der Waals surface area contributed by atoms with Gasteiger partial charge in [0.25, 0.3) is 0 Å². The first-order chi connectivity index (χ1) is 6.11. The normalized spacial score (nSPS) is 19.0. The first kappa shape index (κ1) is 9.69. The minimum Gasteiger partial charge on any atom is -0.390 e. The highest BCUT2D eigenvalue weighted by atomic mass is 79.9. The number of halogens is 1. The highest BCUT2D eigenvalue weighted by Gasteiger charge is 2.39. The Kier molecular flexibility index (Phi) is 2.51. The van der Waals surface area contributed by atoms with E-state index in [0.29, 0.717) is 0 Å². The van der Waals surface area contributed by atoms with Crippen LogP contribution in [0.15, 0.2) is 9.85 Å². The lowest BCUT2D eigenvalue weighted by Gasteiger charge is -2.05. The molecule has 0 saturated heterocycles. The zero-order chi connectivity index (χ0) is 9.47. The van der Waals surface area contributed by atoms with Crippen molar-refractivity contribution in [2.45, 2.75) is 38.2 Å². The van der Waals surface area contributed by atoms with E-state index in [1.807, 2.05) is 0 Å². The van der Waals surface area contributed by atoms with Crippen LogP contribution in [0.3, 0.4) is 0 Å². The summed E-state index contributed by atoms with van der Waals surface area (Å²) in [6, 6.07) is 0. The molecule has 0 bridgehead atoms. The summed E-state index contributed by atoms with van der Waals surface area (Å²) < 4.78 is 1.24. The molecule has 1 N–H and O–H groups in total. The van der Waals surface area contributed by atoms with Gasteiger partial charge in [0.05, 0.1) is 5.60 Å². The summed E-state index contributed by atoms with van der Waals surface area (Å²) >= 11 is 5.35. The van der Waals surface area contributed by atoms with Gasteiger partial charge in [0, 0.05) is 9.35 Å². The zero-order valence-corrected chi connectivity index (χ0v) is 10.0. The molecule has 0 unspecified atom stereocenters. The van der Waals surface area contributed by atoms with Crippen LogP contribution < -0.4 is 0 Å². The third kappa shape index (κ3) is 2.14. The van der Waals surface area contributed by atoms with Crippen LogP contribution in [-0.4, -0.2) is 10.7 Å². The molecule has 3 heteroatoms. The molecule has 13 heavy (non-hydrogen) atoms. The van der Waals surface area contributed by atoms with Crippen LogP contribution in [0, 0.1) is 6.92 Å². The fourth-order valence-electron chi connectivity index (χ4n) is 1.39. The Morgan fingerprint density at radius 2 is 2.31 bits per heavy atom. The van der Waals surface area contributed by atoms with Gasteiger partial charge in [0.15, 0.2) is 0 Å². The van der Waals surface area contributed by atoms with Crippen molar-refractivity contribution >= 4 is 27.3 Å². The van der Waals surface area contributed by atoms with Gasteiger partial charge >= 0.3 is 0 Å². The van der Waals surface area contributed by atoms with Gasteiger partial charge in [0.2, 0.25) is 0 Å². The Morgan fingerprint density at radius 3 is 2.77 bits per heavy atom. The fraction of sp³-hybridized carbons (Fsp3) is 0.600. The minimum absolute atomic E-state index is 0.308. The molecule has 1 aromatic rings. The number of aryl methyl sites for hydroxylation is 2. The van der Waals surface area contributed by atoms with Crippen LogP contribution >= 0.6 is 27.3 Å². The number of aliphatic hydroxyl groups is 1. The molecule has 2 rings (SSSR count). The van der Waals surface area contributed by atoms with Gasteiger partial charge in [-0.2, -0.15) is 0 Å². The quantitative estimate of drug-likeness (QED) is 0.885. The van der Waals surface area contributed by atoms with Crippen molar-refractivity contribution in [3.05, 3.63) is 20.3 Å². The van der Waals surface area contributed by atoms with Crippen molar-refractivity contribution in [3.63, 3.8) is 0 Å². The molecule has 72 valence electrons. The number of hydrogen-bond donors (Lipinski definition) is 1. The van der Waals surface area contributed by atoms with E-state index in [1.165, 1.54) is 14.9 Å². The third-order valence-electron chi connectivity index (χ3n) is 2.61. The number of rotatable bonds is 3. The maximum absolute atomic E-state index is 9.68. The average Bonchev–Trinajstić information content (AvgIpc) is 2.75. The molecule has 0 amide bonds. The molecular formula is C10H13BrOS. The summed E-state index contributed by atoms with van der Waals surface area (Å²) in [5.41, 5.74) is 1.000. The smallest absolute Gasteiger partial charge is 0.0653 e. The van der Waals surface area contributed by atoms with E-state index in [-0.39, 0.29) is 5.60 Å². The molecule has 1 nitrogen and oxygen atoms in total. The van der Waals surface area contributed by atoms with E-state index in [2.05, 4.69) is 28.2 Å². The maximum atomic E-state index is 9.68. The van der Waals surface area contributed by atoms with Gasteiger partial charge in [-0.1, -0.05) is 0 Å². The summed E-state index contributed by atoms with van der Waals surface area (Å²) in [4.78, 5) is 1.37. The fourth-order valence-corrected chi connectivity index (χ4v) is 3.06. The molecule has 1 aliphatic carbocycles. The van der Waals surface area contributed by atoms with E-state index in [1.54, 1.807) is 11.3 Å². The van der Waals surface area contributed by atoms with Crippen LogP contribution in [0.5, 0.6) is 0 Å². The van der Waals surface area contributed by atoms with Crippen molar-refractivity contribution in [1.82, 2.24) is 0 Å². The first-order valence-corrected chi connectivity index (χ1v) is 6.23. The molecule has 1 saturated carbocycles. The Balaban J connectivity index is 1.97. The lowest BCUT2D eigenvalue weighted by Crippen LogP contribution is -2.07. The van der Waals surface area contributed by atoms with Gasteiger partial charge in [0.1, 0.15) is 0 Å². The van der Waals surface area contributed by atoms with Gasteiger partial charge < -0.3 is 5.11 Å². The van der Waals surface area contributed by atoms with Crippen LogP contribution in [-0.2, 0) is 6.42 Å². The van der Waals surface area contributed by atoms with Crippen molar-refractivity contribution < 1.29 is 5.11 Å². The van der Waals surface area contributed by atoms with Crippen LogP contribution in [0.4, 0.5) is 0 Å². The second-order valence-electron chi connectivity index (χ2n) is 3.88. The first-order valence-electron chi connectivity index (χ1n) is 4.56. The predicted octanol–water partition coefficient (Wildman–Crippen LogP) is 3.28. The largest absolute Gasteiger partial charge is 0.390 e. The molecule has 0 aromatic carbocycles. The van der Waals surface area contributed by atoms with Crippen molar-refractivity contribution in [1.29, 1.82) is 0 Å². The molecule has 1 aliphatic rings. The van der Waals surface area contributed by atoms with Crippen LogP contribution in [0.1, 0.15) is 29.7 Å². The van der Waals surface area contributed by atoms with E-state index in [4.69, 9.17) is 0 Å². The highest BCUT2D eigenvalue weighted by Crippen LogP contribution is 2.40. The van der Waals surface area contributed by atoms with Gasteiger partial charge in [-0.15, -0.1) is 11.3 Å². The predicted molar refractivity (Wildman–Crippen MR) is 59.3 cm³/mol. The molecule has 0 radical (unpaired) electrons. The number of hydrogen-bond acceptors (Lipinski definition) is 2. The van der Waals surface area contributed by atoms with E-state index < -0.39 is 0 Å². The SMILES string of the molecule is Cc1csc(CCC2(O)CC2)c1Br. The maximum Gasteiger partial charge on any atom is 0.0653 e. The summed E-state index contributed by atoms with van der Waals surface area (Å²) in [6.07, 6.45) is 3.92. The molecule has 1 heterocycles. The molecule has 1 aromatic heterocycles. The molecular weight excluding hydrogens is 248 g/mol. The molecule has 0 aliphatic heterocycles. The van der Waals surface area contributed by atoms with E-state index in [0.717, 1.165) is 25.7 Å². The Hall–Kier alpha value is 0.140. The summed E-state index contributed by atoms with van der Waals surface area (Å²) in [7, 11) is 0. The summed E-state index contributed by atoms with van der Waals surface area (Å²) in [5.74, 6) is 0. The summed E-state index contributed by atoms with van der Waals surface area (Å²) in [6.45, 7) is 2.11. The third-order valence-corrected chi connectivity index (χ3v) is 5.14. The van der Waals surface area contributed by atoms with E-state index >= 15 is 0 Å². The van der Waals surface area contributed by atoms with Crippen molar-refractivity contribution in [2.75, 3.05) is 0 Å². The molecule has 0 atom stereocenters. The topological polar surface area (TPSA) is 20.2 Å². The van der Waals surface area contributed by atoms with Crippen LogP contribution in [0.25, 0.3) is 0 Å². The Bertz CT molecular complexity index is 315. The van der Waals surface area contributed by atoms with Crippen molar-refractivity contribution in [2.24, 2.45) is 0 Å². The highest BCUT2D eigenvalue weighted by molar-refractivity contribution is 9.10. The lowest BCUT2D eigenvalue weighted by molar-refractivity contribution is 0.141. The summed E-state index contributed by atoms with van der Waals surface area (Å²) in [5, 5.41) is 11.8. The van der Waals surface area contributed by atoms with Gasteiger partial charge in [-0.05, 0) is 59.5 Å². The van der Waals surface area contributed by atoms with Crippen molar-refractivity contribution in [3.8, 4) is 0 Å². The number of thiophene rings is 1. The zero-order valence-electron chi connectivity index (χ0n) is 7.64. The Morgan fingerprint density at radius 1 is 1.62 bits per heavy atom. The average molecular weight is 261 g/mol. The van der Waals surface area contributed by atoms with Gasteiger partial charge in [-0.3, -0.25) is 0 Å². The van der Waals surface area contributed by atoms with Gasteiger partial charge in [-0.25, -0.2) is 0 Å². The monoisotopic (exact) mass is 260 g/mol. The van der Waals surface area contributed by atoms with Crippen LogP contribution in [0.2, 0.25) is 0 Å². The molecule has 0 spiro atoms. The standard InChI is InChI=1S/C10H13BrOS/c1-7-6-13-8(9(7)11)2-3-10(12)4-5-10/h6,12H,2-5H2,1H3. The molecule has 1 fully saturated rings.